The smallest absolute Gasteiger partial charge is 0.228 e. The maximum atomic E-state index is 13.0. The number of benzene rings is 1. The predicted octanol–water partition coefficient (Wildman–Crippen LogP) is 3.92. The lowest BCUT2D eigenvalue weighted by molar-refractivity contribution is -0.116. The van der Waals surface area contributed by atoms with Crippen molar-refractivity contribution in [3.63, 3.8) is 0 Å². The van der Waals surface area contributed by atoms with Crippen molar-refractivity contribution in [2.24, 2.45) is 0 Å². The Morgan fingerprint density at radius 2 is 2.03 bits per heavy atom. The minimum atomic E-state index is -0.345. The monoisotopic (exact) mass is 414 g/mol. The molecule has 1 atom stereocenters. The highest BCUT2D eigenvalue weighted by atomic mass is 16.5. The fourth-order valence-corrected chi connectivity index (χ4v) is 4.36. The van der Waals surface area contributed by atoms with Gasteiger partial charge in [-0.2, -0.15) is 0 Å². The van der Waals surface area contributed by atoms with Gasteiger partial charge in [-0.1, -0.05) is 12.1 Å². The summed E-state index contributed by atoms with van der Waals surface area (Å²) < 4.78 is 18.5. The van der Waals surface area contributed by atoms with Gasteiger partial charge in [-0.05, 0) is 36.2 Å². The van der Waals surface area contributed by atoms with Crippen molar-refractivity contribution in [3.8, 4) is 23.2 Å². The second-order valence-corrected chi connectivity index (χ2v) is 7.57. The molecule has 1 aliphatic heterocycles. The molecule has 8 nitrogen and oxygen atoms in total. The second kappa shape index (κ2) is 6.80. The van der Waals surface area contributed by atoms with E-state index in [4.69, 9.17) is 18.9 Å². The Hall–Kier alpha value is -3.94. The molecule has 4 heterocycles. The maximum Gasteiger partial charge on any atom is 0.228 e. The number of ether oxygens (including phenoxy) is 2. The van der Waals surface area contributed by atoms with Crippen molar-refractivity contribution in [2.75, 3.05) is 7.11 Å². The zero-order valence-electron chi connectivity index (χ0n) is 16.7. The Morgan fingerprint density at radius 3 is 2.81 bits per heavy atom. The van der Waals surface area contributed by atoms with Gasteiger partial charge in [0.2, 0.25) is 11.7 Å². The molecule has 0 bridgehead atoms. The molecule has 0 unspecified atom stereocenters. The number of ketones is 1. The summed E-state index contributed by atoms with van der Waals surface area (Å²) in [5, 5.41) is 4.51. The Balaban J connectivity index is 1.60. The van der Waals surface area contributed by atoms with Crippen LogP contribution in [-0.4, -0.2) is 32.5 Å². The van der Waals surface area contributed by atoms with Crippen LogP contribution in [0.1, 0.15) is 36.3 Å². The van der Waals surface area contributed by atoms with Gasteiger partial charge in [-0.3, -0.25) is 4.79 Å². The summed E-state index contributed by atoms with van der Waals surface area (Å²) in [4.78, 5) is 22.3. The number of Topliss-reactive ketones (excluding diaryl/α,β-unsaturated/α-hetero) is 1. The molecule has 8 heteroatoms. The quantitative estimate of drug-likeness (QED) is 0.502. The molecular formula is C23H18N4O4. The summed E-state index contributed by atoms with van der Waals surface area (Å²) in [6.07, 6.45) is 5.15. The number of hydrogen-bond donors (Lipinski definition) is 0. The molecule has 0 N–H and O–H groups in total. The highest BCUT2D eigenvalue weighted by molar-refractivity contribution is 6.00. The molecule has 1 aromatic carbocycles. The van der Waals surface area contributed by atoms with Gasteiger partial charge in [0, 0.05) is 24.3 Å². The minimum Gasteiger partial charge on any atom is -0.497 e. The normalized spacial score (nSPS) is 18.0. The molecule has 3 aromatic heterocycles. The third-order valence-electron chi connectivity index (χ3n) is 5.78. The average Bonchev–Trinajstić information content (AvgIpc) is 3.48. The Bertz CT molecular complexity index is 1340. The van der Waals surface area contributed by atoms with Crippen LogP contribution in [0.15, 0.2) is 64.7 Å². The van der Waals surface area contributed by atoms with Gasteiger partial charge in [-0.15, -0.1) is 5.10 Å². The van der Waals surface area contributed by atoms with Crippen LogP contribution in [0.3, 0.4) is 0 Å². The number of aromatic nitrogens is 4. The molecule has 0 radical (unpaired) electrons. The number of hydrogen-bond acceptors (Lipinski definition) is 7. The standard InChI is InChI=1S/C23H18N4O4/c1-29-14-9-7-13(8-10-14)18-19-15(28)4-2-5-16(19)31-23-20(18)22-25-21(17-6-3-11-30-17)26-27(22)12-24-23/h3,6-12,18H,2,4-5H2,1H3/t18-/m0/s1. The van der Waals surface area contributed by atoms with Crippen LogP contribution in [0.4, 0.5) is 0 Å². The van der Waals surface area contributed by atoms with Gasteiger partial charge in [-0.25, -0.2) is 14.5 Å². The largest absolute Gasteiger partial charge is 0.497 e. The van der Waals surface area contributed by atoms with E-state index in [-0.39, 0.29) is 11.7 Å². The number of nitrogens with zero attached hydrogens (tertiary/aromatic N) is 4. The Labute approximate surface area is 177 Å². The predicted molar refractivity (Wildman–Crippen MR) is 110 cm³/mol. The van der Waals surface area contributed by atoms with E-state index in [1.807, 2.05) is 24.3 Å². The Kier molecular flexibility index (Phi) is 3.92. The molecule has 0 saturated heterocycles. The first-order chi connectivity index (χ1) is 15.2. The maximum absolute atomic E-state index is 13.0. The fraction of sp³-hybridized carbons (Fsp3) is 0.217. The number of rotatable bonds is 3. The number of fused-ring (bicyclic) bond motifs is 3. The summed E-state index contributed by atoms with van der Waals surface area (Å²) in [6.45, 7) is 0. The van der Waals surface area contributed by atoms with E-state index in [9.17, 15) is 4.79 Å². The second-order valence-electron chi connectivity index (χ2n) is 7.57. The van der Waals surface area contributed by atoms with E-state index < -0.39 is 0 Å². The van der Waals surface area contributed by atoms with E-state index in [2.05, 4.69) is 10.1 Å². The summed E-state index contributed by atoms with van der Waals surface area (Å²) >= 11 is 0. The number of furan rings is 1. The third kappa shape index (κ3) is 2.75. The van der Waals surface area contributed by atoms with E-state index >= 15 is 0 Å². The van der Waals surface area contributed by atoms with Gasteiger partial charge in [0.15, 0.2) is 17.2 Å². The molecule has 0 saturated carbocycles. The van der Waals surface area contributed by atoms with Gasteiger partial charge in [0.1, 0.15) is 17.8 Å². The van der Waals surface area contributed by atoms with E-state index in [1.165, 1.54) is 0 Å². The van der Waals surface area contributed by atoms with Crippen molar-refractivity contribution in [3.05, 3.63) is 71.4 Å². The lowest BCUT2D eigenvalue weighted by atomic mass is 9.78. The zero-order chi connectivity index (χ0) is 20.9. The molecule has 31 heavy (non-hydrogen) atoms. The van der Waals surface area contributed by atoms with Crippen molar-refractivity contribution in [1.82, 2.24) is 19.6 Å². The number of methoxy groups -OCH3 is 1. The minimum absolute atomic E-state index is 0.0977. The molecule has 6 rings (SSSR count). The lowest BCUT2D eigenvalue weighted by Crippen LogP contribution is -2.26. The molecule has 0 spiro atoms. The van der Waals surface area contributed by atoms with Crippen LogP contribution in [0, 0.1) is 0 Å². The number of carbonyl (C=O) groups is 1. The van der Waals surface area contributed by atoms with Crippen molar-refractivity contribution < 1.29 is 18.7 Å². The molecule has 1 aliphatic carbocycles. The fourth-order valence-electron chi connectivity index (χ4n) is 4.36. The summed E-state index contributed by atoms with van der Waals surface area (Å²) in [5.41, 5.74) is 2.95. The van der Waals surface area contributed by atoms with Crippen LogP contribution in [0.2, 0.25) is 0 Å². The van der Waals surface area contributed by atoms with Gasteiger partial charge >= 0.3 is 0 Å². The lowest BCUT2D eigenvalue weighted by Gasteiger charge is -2.32. The van der Waals surface area contributed by atoms with Crippen LogP contribution in [0.25, 0.3) is 17.2 Å². The van der Waals surface area contributed by atoms with Crippen molar-refractivity contribution >= 4 is 11.4 Å². The molecule has 0 fully saturated rings. The van der Waals surface area contributed by atoms with Crippen LogP contribution in [-0.2, 0) is 4.79 Å². The third-order valence-corrected chi connectivity index (χ3v) is 5.78. The average molecular weight is 414 g/mol. The van der Waals surface area contributed by atoms with Crippen LogP contribution >= 0.6 is 0 Å². The molecule has 2 aliphatic rings. The van der Waals surface area contributed by atoms with E-state index in [0.717, 1.165) is 23.3 Å². The topological polar surface area (TPSA) is 91.8 Å². The van der Waals surface area contributed by atoms with Crippen molar-refractivity contribution in [1.29, 1.82) is 0 Å². The zero-order valence-corrected chi connectivity index (χ0v) is 16.7. The first-order valence-corrected chi connectivity index (χ1v) is 10.1. The van der Waals surface area contributed by atoms with E-state index in [0.29, 0.717) is 47.3 Å². The summed E-state index contributed by atoms with van der Waals surface area (Å²) in [5.74, 6) is 2.67. The first-order valence-electron chi connectivity index (χ1n) is 10.1. The highest BCUT2D eigenvalue weighted by Gasteiger charge is 2.39. The number of carbonyl (C=O) groups excluding carboxylic acids is 1. The molecular weight excluding hydrogens is 396 g/mol. The van der Waals surface area contributed by atoms with Crippen LogP contribution in [0.5, 0.6) is 11.6 Å². The van der Waals surface area contributed by atoms with Gasteiger partial charge in [0.05, 0.1) is 18.9 Å². The summed E-state index contributed by atoms with van der Waals surface area (Å²) in [6, 6.07) is 11.3. The molecule has 154 valence electrons. The SMILES string of the molecule is COc1ccc([C@H]2C3=C(CCCC3=O)Oc3ncn4nc(-c5ccco5)nc4c32)cc1. The van der Waals surface area contributed by atoms with Crippen molar-refractivity contribution in [2.45, 2.75) is 25.2 Å². The number of allylic oxidation sites excluding steroid dienone is 2. The summed E-state index contributed by atoms with van der Waals surface area (Å²) in [7, 11) is 1.63. The van der Waals surface area contributed by atoms with Gasteiger partial charge in [0.25, 0.3) is 0 Å². The molecule has 0 amide bonds. The highest BCUT2D eigenvalue weighted by Crippen LogP contribution is 2.47. The first kappa shape index (κ1) is 17.9. The Morgan fingerprint density at radius 1 is 1.16 bits per heavy atom. The van der Waals surface area contributed by atoms with Gasteiger partial charge < -0.3 is 13.9 Å². The van der Waals surface area contributed by atoms with Crippen LogP contribution < -0.4 is 9.47 Å². The van der Waals surface area contributed by atoms with E-state index in [1.54, 1.807) is 36.3 Å². The molecule has 4 aromatic rings.